The molecule has 0 aliphatic heterocycles. The highest BCUT2D eigenvalue weighted by atomic mass is 16.6. The van der Waals surface area contributed by atoms with Gasteiger partial charge in [0.1, 0.15) is 7.11 Å². The number of rotatable bonds is 4. The Kier molecular flexibility index (Phi) is 5.66. The molecule has 0 aliphatic rings. The smallest absolute Gasteiger partial charge is 0.326 e. The van der Waals surface area contributed by atoms with Crippen LogP contribution in [-0.4, -0.2) is 19.1 Å². The summed E-state index contributed by atoms with van der Waals surface area (Å²) in [5.74, 6) is -0.0907. The second-order valence-corrected chi connectivity index (χ2v) is 3.90. The lowest BCUT2D eigenvalue weighted by Crippen LogP contribution is -2.39. The number of hydrogen-bond acceptors (Lipinski definition) is 3. The summed E-state index contributed by atoms with van der Waals surface area (Å²) in [6, 6.07) is 5.53. The molecule has 0 aliphatic carbocycles. The van der Waals surface area contributed by atoms with Crippen molar-refractivity contribution in [3.63, 3.8) is 0 Å². The van der Waals surface area contributed by atoms with Crippen LogP contribution in [0.4, 0.5) is 10.5 Å². The van der Waals surface area contributed by atoms with Crippen LogP contribution in [0, 0.1) is 0 Å². The molecular weight excluding hydrogens is 244 g/mol. The first kappa shape index (κ1) is 14.8. The van der Waals surface area contributed by atoms with Crippen LogP contribution in [0.25, 0.3) is 0 Å². The first-order valence-corrected chi connectivity index (χ1v) is 6.17. The minimum atomic E-state index is -0.436. The first-order chi connectivity index (χ1) is 9.12. The van der Waals surface area contributed by atoms with Crippen LogP contribution in [0.5, 0.6) is 0 Å². The van der Waals surface area contributed by atoms with Crippen molar-refractivity contribution in [2.75, 3.05) is 12.4 Å². The van der Waals surface area contributed by atoms with Crippen LogP contribution in [0.2, 0.25) is 0 Å². The molecule has 0 atom stereocenters. The van der Waals surface area contributed by atoms with Crippen molar-refractivity contribution in [3.8, 4) is 0 Å². The molecule has 1 rings (SSSR count). The molecule has 0 fully saturated rings. The van der Waals surface area contributed by atoms with Crippen LogP contribution in [-0.2, 0) is 17.7 Å². The number of aryl methyl sites for hydroxylation is 2. The Morgan fingerprint density at radius 1 is 1.32 bits per heavy atom. The second-order valence-electron chi connectivity index (χ2n) is 3.90. The standard InChI is InChI=1S/C13H20N4O2/c1-4-9-7-6-8-10(5-2)11(9)15-13(18)16-12(14)17-19-3/h6-8H,4-5H2,1-3H3,(H4,14,15,16,17,18). The lowest BCUT2D eigenvalue weighted by Gasteiger charge is -2.14. The fourth-order valence-electron chi connectivity index (χ4n) is 1.79. The van der Waals surface area contributed by atoms with Crippen molar-refractivity contribution < 1.29 is 9.63 Å². The van der Waals surface area contributed by atoms with E-state index in [9.17, 15) is 4.79 Å². The Morgan fingerprint density at radius 3 is 2.37 bits per heavy atom. The number of para-hydroxylation sites is 1. The molecule has 0 bridgehead atoms. The fraction of sp³-hybridized carbons (Fsp3) is 0.385. The summed E-state index contributed by atoms with van der Waals surface area (Å²) in [4.78, 5) is 16.3. The van der Waals surface area contributed by atoms with Crippen LogP contribution < -0.4 is 16.4 Å². The molecule has 1 aromatic rings. The number of anilines is 1. The number of benzene rings is 1. The highest BCUT2D eigenvalue weighted by Gasteiger charge is 2.10. The largest absolute Gasteiger partial charge is 0.396 e. The molecule has 0 saturated carbocycles. The van der Waals surface area contributed by atoms with E-state index in [2.05, 4.69) is 20.6 Å². The van der Waals surface area contributed by atoms with Crippen molar-refractivity contribution in [1.82, 2.24) is 5.32 Å². The van der Waals surface area contributed by atoms with Crippen molar-refractivity contribution in [3.05, 3.63) is 29.3 Å². The third-order valence-corrected chi connectivity index (χ3v) is 2.67. The zero-order valence-electron chi connectivity index (χ0n) is 11.5. The number of carbonyl (C=O) groups is 1. The first-order valence-electron chi connectivity index (χ1n) is 6.17. The Labute approximate surface area is 113 Å². The summed E-state index contributed by atoms with van der Waals surface area (Å²) in [7, 11) is 1.36. The summed E-state index contributed by atoms with van der Waals surface area (Å²) in [6.45, 7) is 4.08. The van der Waals surface area contributed by atoms with Crippen molar-refractivity contribution >= 4 is 17.7 Å². The molecule has 104 valence electrons. The van der Waals surface area contributed by atoms with Gasteiger partial charge in [-0.2, -0.15) is 0 Å². The number of urea groups is 1. The molecule has 1 aromatic carbocycles. The van der Waals surface area contributed by atoms with Gasteiger partial charge in [0.25, 0.3) is 0 Å². The van der Waals surface area contributed by atoms with Crippen LogP contribution in [0.15, 0.2) is 23.4 Å². The summed E-state index contributed by atoms with van der Waals surface area (Å²) < 4.78 is 0. The van der Waals surface area contributed by atoms with E-state index in [4.69, 9.17) is 5.73 Å². The second kappa shape index (κ2) is 7.25. The SMILES string of the molecule is CCc1cccc(CC)c1NC(=O)N/C(N)=N/OC. The van der Waals surface area contributed by atoms with Gasteiger partial charge < -0.3 is 15.9 Å². The van der Waals surface area contributed by atoms with E-state index in [0.717, 1.165) is 29.7 Å². The van der Waals surface area contributed by atoms with E-state index in [1.54, 1.807) is 0 Å². The molecule has 0 radical (unpaired) electrons. The number of carbonyl (C=O) groups excluding carboxylic acids is 1. The Hall–Kier alpha value is -2.24. The van der Waals surface area contributed by atoms with E-state index in [-0.39, 0.29) is 5.96 Å². The maximum Gasteiger partial charge on any atom is 0.326 e. The average molecular weight is 264 g/mol. The molecular formula is C13H20N4O2. The number of hydrogen-bond donors (Lipinski definition) is 3. The fourth-order valence-corrected chi connectivity index (χ4v) is 1.79. The van der Waals surface area contributed by atoms with Gasteiger partial charge in [0.05, 0.1) is 0 Å². The molecule has 2 amide bonds. The minimum Gasteiger partial charge on any atom is -0.396 e. The van der Waals surface area contributed by atoms with Crippen molar-refractivity contribution in [1.29, 1.82) is 0 Å². The normalized spacial score (nSPS) is 11.0. The molecule has 4 N–H and O–H groups in total. The van der Waals surface area contributed by atoms with Gasteiger partial charge in [-0.15, -0.1) is 0 Å². The summed E-state index contributed by atoms with van der Waals surface area (Å²) >= 11 is 0. The zero-order valence-corrected chi connectivity index (χ0v) is 11.5. The van der Waals surface area contributed by atoms with Gasteiger partial charge in [-0.3, -0.25) is 5.32 Å². The highest BCUT2D eigenvalue weighted by molar-refractivity contribution is 6.02. The molecule has 0 unspecified atom stereocenters. The van der Waals surface area contributed by atoms with Gasteiger partial charge in [-0.25, -0.2) is 4.79 Å². The molecule has 19 heavy (non-hydrogen) atoms. The van der Waals surface area contributed by atoms with Crippen molar-refractivity contribution in [2.45, 2.75) is 26.7 Å². The lowest BCUT2D eigenvalue weighted by atomic mass is 10.0. The van der Waals surface area contributed by atoms with E-state index in [1.807, 2.05) is 32.0 Å². The number of oxime groups is 1. The number of nitrogens with two attached hydrogens (primary N) is 1. The molecule has 0 heterocycles. The zero-order chi connectivity index (χ0) is 14.3. The summed E-state index contributed by atoms with van der Waals surface area (Å²) in [6.07, 6.45) is 1.68. The number of nitrogens with one attached hydrogen (secondary N) is 2. The highest BCUT2D eigenvalue weighted by Crippen LogP contribution is 2.22. The third-order valence-electron chi connectivity index (χ3n) is 2.67. The molecule has 0 aromatic heterocycles. The van der Waals surface area contributed by atoms with Crippen LogP contribution >= 0.6 is 0 Å². The van der Waals surface area contributed by atoms with Crippen molar-refractivity contribution in [2.24, 2.45) is 10.9 Å². The van der Waals surface area contributed by atoms with Gasteiger partial charge >= 0.3 is 6.03 Å². The lowest BCUT2D eigenvalue weighted by molar-refractivity contribution is 0.211. The predicted octanol–water partition coefficient (Wildman–Crippen LogP) is 1.81. The van der Waals surface area contributed by atoms with E-state index < -0.39 is 6.03 Å². The molecule has 0 spiro atoms. The Bertz CT molecular complexity index is 449. The van der Waals surface area contributed by atoms with E-state index in [1.165, 1.54) is 7.11 Å². The summed E-state index contributed by atoms with van der Waals surface area (Å²) in [5, 5.41) is 8.60. The monoisotopic (exact) mass is 264 g/mol. The quantitative estimate of drug-likeness (QED) is 0.440. The van der Waals surface area contributed by atoms with Gasteiger partial charge in [-0.05, 0) is 29.1 Å². The summed E-state index contributed by atoms with van der Waals surface area (Å²) in [5.41, 5.74) is 8.42. The number of nitrogens with zero attached hydrogens (tertiary/aromatic N) is 1. The van der Waals surface area contributed by atoms with Gasteiger partial charge in [0.2, 0.25) is 5.96 Å². The Balaban J connectivity index is 2.86. The Morgan fingerprint density at radius 2 is 1.89 bits per heavy atom. The van der Waals surface area contributed by atoms with Gasteiger partial charge in [0, 0.05) is 5.69 Å². The van der Waals surface area contributed by atoms with E-state index in [0.29, 0.717) is 0 Å². The number of amides is 2. The minimum absolute atomic E-state index is 0.0907. The van der Waals surface area contributed by atoms with Gasteiger partial charge in [0.15, 0.2) is 0 Å². The molecule has 6 heteroatoms. The predicted molar refractivity (Wildman–Crippen MR) is 76.0 cm³/mol. The average Bonchev–Trinajstić information content (AvgIpc) is 2.39. The topological polar surface area (TPSA) is 88.7 Å². The molecule has 6 nitrogen and oxygen atoms in total. The van der Waals surface area contributed by atoms with Crippen LogP contribution in [0.3, 0.4) is 0 Å². The maximum atomic E-state index is 11.8. The number of guanidine groups is 1. The molecule has 0 saturated heterocycles. The van der Waals surface area contributed by atoms with E-state index >= 15 is 0 Å². The van der Waals surface area contributed by atoms with Crippen LogP contribution in [0.1, 0.15) is 25.0 Å². The maximum absolute atomic E-state index is 11.8. The van der Waals surface area contributed by atoms with Gasteiger partial charge in [-0.1, -0.05) is 32.0 Å². The third kappa shape index (κ3) is 4.17.